The molecule has 1 N–H and O–H groups in total. The normalized spacial score (nSPS) is 12.4. The first-order valence-corrected chi connectivity index (χ1v) is 10.6. The number of carbonyl (C=O) groups excluding carboxylic acids is 1. The topological polar surface area (TPSA) is 29.1 Å². The van der Waals surface area contributed by atoms with Crippen molar-refractivity contribution >= 4 is 29.3 Å². The Morgan fingerprint density at radius 3 is 2.52 bits per heavy atom. The van der Waals surface area contributed by atoms with Crippen LogP contribution in [-0.2, 0) is 0 Å². The van der Waals surface area contributed by atoms with Crippen molar-refractivity contribution in [3.8, 4) is 0 Å². The average molecular weight is 404 g/mol. The van der Waals surface area contributed by atoms with Gasteiger partial charge in [0.15, 0.2) is 0 Å². The highest BCUT2D eigenvalue weighted by Crippen LogP contribution is 2.43. The monoisotopic (exact) mass is 403 g/mol. The van der Waals surface area contributed by atoms with E-state index >= 15 is 0 Å². The van der Waals surface area contributed by atoms with E-state index in [0.29, 0.717) is 17.7 Å². The van der Waals surface area contributed by atoms with Gasteiger partial charge >= 0.3 is 0 Å². The summed E-state index contributed by atoms with van der Waals surface area (Å²) in [5.74, 6) is -0.329. The van der Waals surface area contributed by atoms with Crippen molar-refractivity contribution in [3.63, 3.8) is 0 Å². The second-order valence-electron chi connectivity index (χ2n) is 7.00. The molecule has 3 aromatic carbocycles. The van der Waals surface area contributed by atoms with E-state index in [2.05, 4.69) is 18.3 Å². The van der Waals surface area contributed by atoms with Gasteiger partial charge in [-0.05, 0) is 59.5 Å². The van der Waals surface area contributed by atoms with E-state index in [4.69, 9.17) is 0 Å². The van der Waals surface area contributed by atoms with Crippen LogP contribution in [0.1, 0.15) is 46.8 Å². The number of unbranched alkanes of at least 4 members (excludes halogenated alkanes) is 1. The van der Waals surface area contributed by atoms with Crippen molar-refractivity contribution in [2.75, 3.05) is 6.54 Å². The van der Waals surface area contributed by atoms with Crippen LogP contribution in [0.5, 0.6) is 0 Å². The van der Waals surface area contributed by atoms with Crippen LogP contribution in [0.25, 0.3) is 11.6 Å². The molecule has 29 heavy (non-hydrogen) atoms. The number of benzene rings is 3. The van der Waals surface area contributed by atoms with E-state index in [1.807, 2.05) is 48.5 Å². The maximum atomic E-state index is 14.6. The molecule has 0 spiro atoms. The maximum absolute atomic E-state index is 14.6. The van der Waals surface area contributed by atoms with Crippen LogP contribution in [0.2, 0.25) is 0 Å². The molecule has 0 aromatic heterocycles. The fourth-order valence-corrected chi connectivity index (χ4v) is 4.45. The highest BCUT2D eigenvalue weighted by Gasteiger charge is 2.20. The van der Waals surface area contributed by atoms with Gasteiger partial charge in [0.05, 0.1) is 0 Å². The van der Waals surface area contributed by atoms with Gasteiger partial charge in [0.2, 0.25) is 0 Å². The first-order valence-electron chi connectivity index (χ1n) is 9.83. The summed E-state index contributed by atoms with van der Waals surface area (Å²) in [6.07, 6.45) is 3.99. The molecule has 0 fully saturated rings. The van der Waals surface area contributed by atoms with Crippen LogP contribution in [0.3, 0.4) is 0 Å². The fourth-order valence-electron chi connectivity index (χ4n) is 3.41. The molecule has 3 aromatic rings. The molecule has 0 saturated heterocycles. The highest BCUT2D eigenvalue weighted by molar-refractivity contribution is 7.99. The lowest BCUT2D eigenvalue weighted by molar-refractivity contribution is 0.0953. The molecule has 0 saturated carbocycles. The Hall–Kier alpha value is -2.85. The van der Waals surface area contributed by atoms with Gasteiger partial charge in [-0.3, -0.25) is 4.79 Å². The molecule has 0 radical (unpaired) electrons. The Morgan fingerprint density at radius 2 is 1.72 bits per heavy atom. The summed E-state index contributed by atoms with van der Waals surface area (Å²) in [6.45, 7) is 2.77. The minimum atomic E-state index is -0.254. The Balaban J connectivity index is 1.81. The van der Waals surface area contributed by atoms with Crippen molar-refractivity contribution in [2.45, 2.75) is 29.6 Å². The van der Waals surface area contributed by atoms with Crippen LogP contribution in [0.4, 0.5) is 4.39 Å². The Labute approximate surface area is 174 Å². The third-order valence-electron chi connectivity index (χ3n) is 4.95. The molecule has 4 rings (SSSR count). The molecule has 0 bridgehead atoms. The largest absolute Gasteiger partial charge is 0.352 e. The molecule has 0 atom stereocenters. The van der Waals surface area contributed by atoms with E-state index in [9.17, 15) is 9.18 Å². The van der Waals surface area contributed by atoms with Crippen molar-refractivity contribution in [1.29, 1.82) is 0 Å². The molecule has 0 aliphatic carbocycles. The molecule has 1 aliphatic heterocycles. The van der Waals surface area contributed by atoms with Gasteiger partial charge in [-0.25, -0.2) is 4.39 Å². The number of amides is 1. The summed E-state index contributed by atoms with van der Waals surface area (Å²) in [6, 6.07) is 20.6. The Kier molecular flexibility index (Phi) is 5.81. The van der Waals surface area contributed by atoms with Crippen LogP contribution < -0.4 is 5.32 Å². The summed E-state index contributed by atoms with van der Waals surface area (Å²) in [4.78, 5) is 14.6. The summed E-state index contributed by atoms with van der Waals surface area (Å²) >= 11 is 1.64. The lowest BCUT2D eigenvalue weighted by Crippen LogP contribution is -2.24. The molecule has 0 unspecified atom stereocenters. The Bertz CT molecular complexity index is 1090. The van der Waals surface area contributed by atoms with Crippen molar-refractivity contribution < 1.29 is 9.18 Å². The minimum absolute atomic E-state index is 0.0751. The van der Waals surface area contributed by atoms with Crippen LogP contribution in [-0.4, -0.2) is 12.5 Å². The standard InChI is InChI=1S/C25H22FNOS/c1-2-3-14-27-25(28)17-12-13-23-18(15-17)16-21(19-8-4-6-10-22(19)26)20-9-5-7-11-24(20)29-23/h4-13,15-16H,2-3,14H2,1H3,(H,27,28). The zero-order valence-electron chi connectivity index (χ0n) is 16.2. The van der Waals surface area contributed by atoms with Gasteiger partial charge in [-0.1, -0.05) is 61.5 Å². The third kappa shape index (κ3) is 4.13. The minimum Gasteiger partial charge on any atom is -0.352 e. The third-order valence-corrected chi connectivity index (χ3v) is 6.12. The van der Waals surface area contributed by atoms with Gasteiger partial charge in [0.1, 0.15) is 5.82 Å². The van der Waals surface area contributed by atoms with Gasteiger partial charge in [-0.2, -0.15) is 0 Å². The van der Waals surface area contributed by atoms with E-state index < -0.39 is 0 Å². The fraction of sp³-hybridized carbons (Fsp3) is 0.160. The molecular weight excluding hydrogens is 381 g/mol. The number of rotatable bonds is 5. The van der Waals surface area contributed by atoms with Gasteiger partial charge in [0, 0.05) is 27.5 Å². The van der Waals surface area contributed by atoms with E-state index in [0.717, 1.165) is 39.3 Å². The van der Waals surface area contributed by atoms with Gasteiger partial charge < -0.3 is 5.32 Å². The summed E-state index contributed by atoms with van der Waals surface area (Å²) in [5.41, 5.74) is 3.93. The molecule has 2 nitrogen and oxygen atoms in total. The second kappa shape index (κ2) is 8.66. The number of hydrogen-bond acceptors (Lipinski definition) is 2. The van der Waals surface area contributed by atoms with E-state index in [1.54, 1.807) is 23.9 Å². The molecule has 1 heterocycles. The number of carbonyl (C=O) groups is 1. The zero-order chi connectivity index (χ0) is 20.2. The maximum Gasteiger partial charge on any atom is 0.251 e. The number of nitrogens with one attached hydrogen (secondary N) is 1. The van der Waals surface area contributed by atoms with E-state index in [1.165, 1.54) is 6.07 Å². The van der Waals surface area contributed by atoms with Crippen molar-refractivity contribution in [1.82, 2.24) is 5.32 Å². The van der Waals surface area contributed by atoms with Crippen molar-refractivity contribution in [3.05, 3.63) is 94.8 Å². The van der Waals surface area contributed by atoms with Crippen LogP contribution in [0, 0.1) is 5.82 Å². The number of halogens is 1. The number of fused-ring (bicyclic) bond motifs is 2. The number of hydrogen-bond donors (Lipinski definition) is 1. The van der Waals surface area contributed by atoms with Crippen LogP contribution in [0.15, 0.2) is 76.5 Å². The van der Waals surface area contributed by atoms with Gasteiger partial charge in [0.25, 0.3) is 5.91 Å². The van der Waals surface area contributed by atoms with Crippen LogP contribution >= 0.6 is 11.8 Å². The first-order chi connectivity index (χ1) is 14.2. The predicted octanol–water partition coefficient (Wildman–Crippen LogP) is 6.41. The first kappa shape index (κ1) is 19.5. The average Bonchev–Trinajstić information content (AvgIpc) is 2.90. The predicted molar refractivity (Wildman–Crippen MR) is 118 cm³/mol. The molecular formula is C25H22FNOS. The highest BCUT2D eigenvalue weighted by atomic mass is 32.2. The SMILES string of the molecule is CCCCNC(=O)c1ccc2c(c1)C=C(c1ccccc1F)c1ccccc1S2. The van der Waals surface area contributed by atoms with E-state index in [-0.39, 0.29) is 11.7 Å². The smallest absolute Gasteiger partial charge is 0.251 e. The lowest BCUT2D eigenvalue weighted by atomic mass is 9.95. The molecule has 4 heteroatoms. The summed E-state index contributed by atoms with van der Waals surface area (Å²) < 4.78 is 14.6. The van der Waals surface area contributed by atoms with Crippen molar-refractivity contribution in [2.24, 2.45) is 0 Å². The lowest BCUT2D eigenvalue weighted by Gasteiger charge is -2.11. The summed E-state index contributed by atoms with van der Waals surface area (Å²) in [7, 11) is 0. The molecule has 1 amide bonds. The second-order valence-corrected chi connectivity index (χ2v) is 8.08. The summed E-state index contributed by atoms with van der Waals surface area (Å²) in [5, 5.41) is 2.97. The van der Waals surface area contributed by atoms with Gasteiger partial charge in [-0.15, -0.1) is 0 Å². The molecule has 146 valence electrons. The Morgan fingerprint density at radius 1 is 0.966 bits per heavy atom. The zero-order valence-corrected chi connectivity index (χ0v) is 17.1. The molecule has 1 aliphatic rings. The quantitative estimate of drug-likeness (QED) is 0.390.